The third-order valence-electron chi connectivity index (χ3n) is 6.24. The Hall–Kier alpha value is -4.48. The van der Waals surface area contributed by atoms with Crippen LogP contribution in [0.25, 0.3) is 0 Å². The molecule has 12 heteroatoms. The third-order valence-corrected chi connectivity index (χ3v) is 6.24. The van der Waals surface area contributed by atoms with Gasteiger partial charge in [0.1, 0.15) is 11.5 Å². The molecule has 12 nitrogen and oxygen atoms in total. The molecular formula is C25H24O12. The van der Waals surface area contributed by atoms with Crippen molar-refractivity contribution >= 4 is 23.9 Å². The second-order valence-electron chi connectivity index (χ2n) is 8.20. The van der Waals surface area contributed by atoms with Gasteiger partial charge >= 0.3 is 23.9 Å². The summed E-state index contributed by atoms with van der Waals surface area (Å²) >= 11 is 0. The number of esters is 4. The van der Waals surface area contributed by atoms with Gasteiger partial charge in [0, 0.05) is 5.56 Å². The van der Waals surface area contributed by atoms with Crippen LogP contribution in [-0.4, -0.2) is 59.1 Å². The van der Waals surface area contributed by atoms with E-state index in [0.29, 0.717) is 17.1 Å². The molecule has 196 valence electrons. The smallest absolute Gasteiger partial charge is 0.346 e. The van der Waals surface area contributed by atoms with E-state index in [1.54, 1.807) is 18.2 Å². The van der Waals surface area contributed by atoms with E-state index in [0.717, 1.165) is 7.11 Å². The first-order valence-corrected chi connectivity index (χ1v) is 10.9. The predicted octanol–water partition coefficient (Wildman–Crippen LogP) is 2.00. The summed E-state index contributed by atoms with van der Waals surface area (Å²) < 4.78 is 41.8. The molecule has 4 rings (SSSR count). The van der Waals surface area contributed by atoms with Crippen molar-refractivity contribution in [1.29, 1.82) is 0 Å². The topological polar surface area (TPSA) is 142 Å². The first kappa shape index (κ1) is 25.6. The highest BCUT2D eigenvalue weighted by Gasteiger charge is 2.62. The molecule has 0 amide bonds. The number of cyclic esters (lactones) is 1. The average Bonchev–Trinajstić information content (AvgIpc) is 3.48. The minimum absolute atomic E-state index is 0.00765. The van der Waals surface area contributed by atoms with Gasteiger partial charge in [-0.15, -0.1) is 0 Å². The Balaban J connectivity index is 1.65. The largest absolute Gasteiger partial charge is 0.493 e. The van der Waals surface area contributed by atoms with E-state index >= 15 is 0 Å². The second-order valence-corrected chi connectivity index (χ2v) is 8.20. The van der Waals surface area contributed by atoms with Crippen LogP contribution in [-0.2, 0) is 34.2 Å². The van der Waals surface area contributed by atoms with E-state index in [9.17, 15) is 19.2 Å². The molecule has 0 bridgehead atoms. The summed E-state index contributed by atoms with van der Waals surface area (Å²) in [5.74, 6) is -6.27. The molecule has 37 heavy (non-hydrogen) atoms. The molecule has 0 unspecified atom stereocenters. The van der Waals surface area contributed by atoms with Gasteiger partial charge in [0.2, 0.25) is 12.5 Å². The summed E-state index contributed by atoms with van der Waals surface area (Å²) in [6, 6.07) is 7.26. The summed E-state index contributed by atoms with van der Waals surface area (Å²) in [6.45, 7) is 1.46. The fourth-order valence-corrected chi connectivity index (χ4v) is 4.37. The lowest BCUT2D eigenvalue weighted by molar-refractivity contribution is -0.158. The van der Waals surface area contributed by atoms with Gasteiger partial charge in [0.05, 0.1) is 34.0 Å². The minimum Gasteiger partial charge on any atom is -0.493 e. The van der Waals surface area contributed by atoms with Crippen molar-refractivity contribution in [3.8, 4) is 28.7 Å². The maximum absolute atomic E-state index is 13.1. The second kappa shape index (κ2) is 9.88. The van der Waals surface area contributed by atoms with Gasteiger partial charge in [-0.1, -0.05) is 6.07 Å². The fraction of sp³-hybridized carbons (Fsp3) is 0.360. The molecule has 2 aliphatic heterocycles. The van der Waals surface area contributed by atoms with E-state index in [2.05, 4.69) is 0 Å². The summed E-state index contributed by atoms with van der Waals surface area (Å²) in [4.78, 5) is 51.7. The normalized spacial score (nSPS) is 21.6. The van der Waals surface area contributed by atoms with E-state index in [4.69, 9.17) is 37.9 Å². The molecule has 2 aromatic rings. The average molecular weight is 516 g/mol. The molecule has 0 N–H and O–H groups in total. The zero-order chi connectivity index (χ0) is 26.9. The minimum atomic E-state index is -1.78. The zero-order valence-corrected chi connectivity index (χ0v) is 20.6. The van der Waals surface area contributed by atoms with Crippen LogP contribution in [0.1, 0.15) is 22.8 Å². The molecule has 2 aliphatic rings. The van der Waals surface area contributed by atoms with Crippen LogP contribution in [0.4, 0.5) is 0 Å². The Labute approximate surface area is 211 Å². The van der Waals surface area contributed by atoms with Crippen molar-refractivity contribution in [2.45, 2.75) is 12.5 Å². The van der Waals surface area contributed by atoms with E-state index in [-0.39, 0.29) is 29.6 Å². The third kappa shape index (κ3) is 4.34. The number of carbonyl (C=O) groups excluding carboxylic acids is 4. The first-order valence-electron chi connectivity index (χ1n) is 10.9. The fourth-order valence-electron chi connectivity index (χ4n) is 4.37. The van der Waals surface area contributed by atoms with Gasteiger partial charge in [-0.3, -0.25) is 14.4 Å². The number of benzene rings is 2. The summed E-state index contributed by atoms with van der Waals surface area (Å²) in [5, 5.41) is 0. The summed E-state index contributed by atoms with van der Waals surface area (Å²) in [6.07, 6.45) is 0. The Bertz CT molecular complexity index is 1240. The van der Waals surface area contributed by atoms with E-state index in [1.807, 2.05) is 0 Å². The summed E-state index contributed by atoms with van der Waals surface area (Å²) in [5.41, 5.74) is -1.40. The van der Waals surface area contributed by atoms with Crippen molar-refractivity contribution < 1.29 is 57.1 Å². The van der Waals surface area contributed by atoms with Crippen molar-refractivity contribution in [2.24, 2.45) is 11.8 Å². The SMILES string of the molecule is COC(=O)[C@H]1[C@@H](C(=O)OC(=O)c2cc(OC)c(OC)c(OC)c2)C(=O)O[C@]1(C)c1ccc2c(c1)OCO2. The van der Waals surface area contributed by atoms with Gasteiger partial charge in [-0.2, -0.15) is 0 Å². The van der Waals surface area contributed by atoms with Crippen LogP contribution in [0.15, 0.2) is 30.3 Å². The lowest BCUT2D eigenvalue weighted by atomic mass is 9.77. The molecule has 0 radical (unpaired) electrons. The van der Waals surface area contributed by atoms with Crippen LogP contribution in [0, 0.1) is 11.8 Å². The maximum atomic E-state index is 13.1. The molecule has 0 aromatic heterocycles. The molecule has 0 spiro atoms. The number of methoxy groups -OCH3 is 4. The number of hydrogen-bond donors (Lipinski definition) is 0. The van der Waals surface area contributed by atoms with Crippen LogP contribution < -0.4 is 23.7 Å². The maximum Gasteiger partial charge on any atom is 0.346 e. The molecule has 1 fully saturated rings. The van der Waals surface area contributed by atoms with Gasteiger partial charge in [0.25, 0.3) is 0 Å². The highest BCUT2D eigenvalue weighted by Crippen LogP contribution is 2.48. The Morgan fingerprint density at radius 3 is 2.14 bits per heavy atom. The van der Waals surface area contributed by atoms with Gasteiger partial charge < -0.3 is 37.9 Å². The van der Waals surface area contributed by atoms with Crippen molar-refractivity contribution in [3.63, 3.8) is 0 Å². The van der Waals surface area contributed by atoms with Crippen molar-refractivity contribution in [1.82, 2.24) is 0 Å². The number of rotatable bonds is 7. The lowest BCUT2D eigenvalue weighted by Crippen LogP contribution is -2.41. The highest BCUT2D eigenvalue weighted by atomic mass is 16.7. The van der Waals surface area contributed by atoms with Crippen LogP contribution in [0.3, 0.4) is 0 Å². The van der Waals surface area contributed by atoms with Crippen LogP contribution in [0.5, 0.6) is 28.7 Å². The quantitative estimate of drug-likeness (QED) is 0.302. The molecule has 1 saturated heterocycles. The number of hydrogen-bond acceptors (Lipinski definition) is 12. The van der Waals surface area contributed by atoms with Gasteiger partial charge in [-0.05, 0) is 31.2 Å². The molecule has 0 aliphatic carbocycles. The van der Waals surface area contributed by atoms with E-state index < -0.39 is 41.3 Å². The first-order chi connectivity index (χ1) is 17.7. The van der Waals surface area contributed by atoms with E-state index in [1.165, 1.54) is 40.4 Å². The summed E-state index contributed by atoms with van der Waals surface area (Å²) in [7, 11) is 5.19. The molecule has 2 heterocycles. The number of ether oxygens (including phenoxy) is 8. The number of fused-ring (bicyclic) bond motifs is 1. The molecule has 2 aromatic carbocycles. The lowest BCUT2D eigenvalue weighted by Gasteiger charge is -2.29. The zero-order valence-electron chi connectivity index (χ0n) is 20.6. The predicted molar refractivity (Wildman–Crippen MR) is 122 cm³/mol. The monoisotopic (exact) mass is 516 g/mol. The molecule has 0 saturated carbocycles. The highest BCUT2D eigenvalue weighted by molar-refractivity contribution is 6.07. The van der Waals surface area contributed by atoms with Crippen molar-refractivity contribution in [3.05, 3.63) is 41.5 Å². The van der Waals surface area contributed by atoms with Crippen LogP contribution >= 0.6 is 0 Å². The standard InChI is InChI=1S/C25H24O12/c1-25(13-6-7-14-15(10-13)35-11-34-14)19(24(29)33-5)18(23(28)37-25)22(27)36-21(26)12-8-16(30-2)20(32-4)17(9-12)31-3/h6-10,18-19H,11H2,1-5H3/t18-,19+,25+/m0/s1. The van der Waals surface area contributed by atoms with Gasteiger partial charge in [0.15, 0.2) is 28.9 Å². The Morgan fingerprint density at radius 2 is 1.54 bits per heavy atom. The number of carbonyl (C=O) groups is 4. The Morgan fingerprint density at radius 1 is 0.892 bits per heavy atom. The molecular weight excluding hydrogens is 492 g/mol. The Kier molecular flexibility index (Phi) is 6.84. The molecule has 3 atom stereocenters. The van der Waals surface area contributed by atoms with Gasteiger partial charge in [-0.25, -0.2) is 4.79 Å². The van der Waals surface area contributed by atoms with Crippen molar-refractivity contribution in [2.75, 3.05) is 35.2 Å². The van der Waals surface area contributed by atoms with Crippen LogP contribution in [0.2, 0.25) is 0 Å².